The monoisotopic (exact) mass is 484 g/mol. The maximum absolute atomic E-state index is 10.4. The third-order valence-corrected chi connectivity index (χ3v) is 7.06. The number of hydrogen-bond acceptors (Lipinski definition) is 11. The van der Waals surface area contributed by atoms with Gasteiger partial charge in [-0.3, -0.25) is 0 Å². The van der Waals surface area contributed by atoms with E-state index in [1.165, 1.54) is 11.8 Å². The number of ether oxygens (including phenoxy) is 3. The summed E-state index contributed by atoms with van der Waals surface area (Å²) in [5.74, 6) is 0. The molecular weight excluding hydrogens is 456 g/mol. The number of aliphatic hydroxyl groups excluding tert-OH is 7. The molecule has 2 aliphatic heterocycles. The lowest BCUT2D eigenvalue weighted by atomic mass is 9.99. The predicted molar refractivity (Wildman–Crippen MR) is 116 cm³/mol. The molecule has 2 aliphatic rings. The van der Waals surface area contributed by atoms with Crippen LogP contribution in [0, 0.1) is 0 Å². The van der Waals surface area contributed by atoms with Crippen molar-refractivity contribution in [3.8, 4) is 0 Å². The van der Waals surface area contributed by atoms with Gasteiger partial charge in [0, 0.05) is 4.90 Å². The first kappa shape index (κ1) is 24.8. The minimum absolute atomic E-state index is 0.359. The molecule has 11 heteroatoms. The fourth-order valence-electron chi connectivity index (χ4n) is 3.92. The molecule has 2 saturated heterocycles. The average Bonchev–Trinajstić information content (AvgIpc) is 2.83. The van der Waals surface area contributed by atoms with Gasteiger partial charge in [0.05, 0.1) is 13.2 Å². The highest BCUT2D eigenvalue weighted by atomic mass is 32.2. The first-order valence-electron chi connectivity index (χ1n) is 10.6. The summed E-state index contributed by atoms with van der Waals surface area (Å²) in [6, 6.07) is 13.5. The molecule has 0 spiro atoms. The van der Waals surface area contributed by atoms with Gasteiger partial charge in [0.1, 0.15) is 54.3 Å². The first-order valence-corrected chi connectivity index (χ1v) is 11.5. The van der Waals surface area contributed by atoms with E-state index < -0.39 is 67.2 Å². The Morgan fingerprint density at radius 2 is 1.39 bits per heavy atom. The molecule has 2 aromatic carbocycles. The van der Waals surface area contributed by atoms with Gasteiger partial charge in [-0.1, -0.05) is 42.1 Å². The van der Waals surface area contributed by atoms with Crippen LogP contribution in [0.25, 0.3) is 10.8 Å². The molecule has 33 heavy (non-hydrogen) atoms. The Kier molecular flexibility index (Phi) is 7.88. The van der Waals surface area contributed by atoms with Crippen LogP contribution in [0.4, 0.5) is 0 Å². The molecule has 10 nitrogen and oxygen atoms in total. The molecule has 0 aromatic heterocycles. The van der Waals surface area contributed by atoms with Crippen molar-refractivity contribution in [2.45, 2.75) is 65.5 Å². The summed E-state index contributed by atoms with van der Waals surface area (Å²) in [5.41, 5.74) is -0.923. The second-order valence-electron chi connectivity index (χ2n) is 8.17. The lowest BCUT2D eigenvalue weighted by Gasteiger charge is -2.42. The van der Waals surface area contributed by atoms with Gasteiger partial charge in [-0.05, 0) is 22.9 Å². The van der Waals surface area contributed by atoms with E-state index in [9.17, 15) is 35.7 Å². The van der Waals surface area contributed by atoms with Crippen LogP contribution in [-0.4, -0.2) is 110 Å². The Labute approximate surface area is 194 Å². The lowest BCUT2D eigenvalue weighted by molar-refractivity contribution is -0.311. The Hall–Kier alpha value is -1.35. The number of aliphatic hydroxyl groups is 7. The predicted octanol–water partition coefficient (Wildman–Crippen LogP) is -1.44. The van der Waals surface area contributed by atoms with E-state index in [0.29, 0.717) is 0 Å². The highest BCUT2D eigenvalue weighted by Crippen LogP contribution is 2.35. The smallest absolute Gasteiger partial charge is 0.186 e. The summed E-state index contributed by atoms with van der Waals surface area (Å²) in [4.78, 5) is 0.787. The van der Waals surface area contributed by atoms with Crippen molar-refractivity contribution in [3.63, 3.8) is 0 Å². The molecule has 182 valence electrons. The Bertz CT molecular complexity index is 929. The summed E-state index contributed by atoms with van der Waals surface area (Å²) < 4.78 is 16.5. The quantitative estimate of drug-likeness (QED) is 0.256. The fourth-order valence-corrected chi connectivity index (χ4v) is 5.03. The molecule has 0 radical (unpaired) electrons. The zero-order chi connectivity index (χ0) is 23.7. The van der Waals surface area contributed by atoms with Crippen LogP contribution in [0.1, 0.15) is 0 Å². The number of thioether (sulfide) groups is 1. The lowest BCUT2D eigenvalue weighted by Crippen LogP contribution is -2.61. The van der Waals surface area contributed by atoms with Crippen LogP contribution in [-0.2, 0) is 14.2 Å². The van der Waals surface area contributed by atoms with Gasteiger partial charge < -0.3 is 50.0 Å². The molecular formula is C22H28O10S. The van der Waals surface area contributed by atoms with Crippen LogP contribution in [0.15, 0.2) is 47.4 Å². The third-order valence-electron chi connectivity index (χ3n) is 5.91. The summed E-state index contributed by atoms with van der Waals surface area (Å²) in [6.45, 7) is -0.967. The van der Waals surface area contributed by atoms with E-state index in [1.54, 1.807) is 0 Å². The van der Waals surface area contributed by atoms with Gasteiger partial charge in [-0.2, -0.15) is 0 Å². The third kappa shape index (κ3) is 5.19. The maximum Gasteiger partial charge on any atom is 0.186 e. The second kappa shape index (κ2) is 10.5. The molecule has 0 unspecified atom stereocenters. The molecule has 7 N–H and O–H groups in total. The van der Waals surface area contributed by atoms with Crippen LogP contribution in [0.5, 0.6) is 0 Å². The van der Waals surface area contributed by atoms with Crippen molar-refractivity contribution >= 4 is 22.5 Å². The largest absolute Gasteiger partial charge is 0.394 e. The van der Waals surface area contributed by atoms with E-state index in [0.717, 1.165) is 15.7 Å². The molecule has 2 heterocycles. The van der Waals surface area contributed by atoms with Crippen molar-refractivity contribution in [3.05, 3.63) is 42.5 Å². The Morgan fingerprint density at radius 1 is 0.727 bits per heavy atom. The van der Waals surface area contributed by atoms with E-state index in [1.807, 2.05) is 42.5 Å². The highest BCUT2D eigenvalue weighted by molar-refractivity contribution is 7.99. The molecule has 0 saturated carbocycles. The van der Waals surface area contributed by atoms with Crippen LogP contribution in [0.3, 0.4) is 0 Å². The van der Waals surface area contributed by atoms with Gasteiger partial charge in [0.2, 0.25) is 0 Å². The molecule has 4 rings (SSSR count). The minimum Gasteiger partial charge on any atom is -0.394 e. The van der Waals surface area contributed by atoms with Crippen LogP contribution in [0.2, 0.25) is 0 Å². The summed E-state index contributed by atoms with van der Waals surface area (Å²) >= 11 is 1.18. The molecule has 0 bridgehead atoms. The van der Waals surface area contributed by atoms with Crippen molar-refractivity contribution in [2.75, 3.05) is 13.2 Å². The highest BCUT2D eigenvalue weighted by Gasteiger charge is 2.47. The Morgan fingerprint density at radius 3 is 2.12 bits per heavy atom. The van der Waals surface area contributed by atoms with Crippen molar-refractivity contribution in [1.29, 1.82) is 0 Å². The van der Waals surface area contributed by atoms with Gasteiger partial charge >= 0.3 is 0 Å². The molecule has 2 aromatic rings. The number of benzene rings is 2. The summed E-state index contributed by atoms with van der Waals surface area (Å²) in [7, 11) is 0. The normalized spacial score (nSPS) is 39.6. The van der Waals surface area contributed by atoms with Crippen LogP contribution < -0.4 is 0 Å². The number of hydrogen-bond donors (Lipinski definition) is 7. The maximum atomic E-state index is 10.4. The average molecular weight is 485 g/mol. The zero-order valence-corrected chi connectivity index (χ0v) is 18.3. The van der Waals surface area contributed by atoms with E-state index in [2.05, 4.69) is 0 Å². The first-order chi connectivity index (χ1) is 15.8. The van der Waals surface area contributed by atoms with Gasteiger partial charge in [-0.15, -0.1) is 0 Å². The molecule has 2 fully saturated rings. The van der Waals surface area contributed by atoms with Gasteiger partial charge in [0.25, 0.3) is 0 Å². The Balaban J connectivity index is 1.42. The minimum atomic E-state index is -1.61. The van der Waals surface area contributed by atoms with Crippen LogP contribution >= 0.6 is 11.8 Å². The van der Waals surface area contributed by atoms with E-state index in [4.69, 9.17) is 14.2 Å². The second-order valence-corrected chi connectivity index (χ2v) is 9.34. The fraction of sp³-hybridized carbons (Fsp3) is 0.545. The SMILES string of the molecule is OC[C@H]1O[C@@H](OC[C@H]2O[C@@H](Sc3ccc4ccccc4c3)[C@H](O)[C@@H](O)[C@@H]2O)[C@H](O)[C@@H](O)[C@H]1O. The molecule has 0 amide bonds. The van der Waals surface area contributed by atoms with E-state index in [-0.39, 0.29) is 6.61 Å². The standard InChI is InChI=1S/C22H28O10S/c23-8-13-15(24)17(26)19(28)21(31-13)30-9-14-16(25)18(27)20(29)22(32-14)33-12-6-5-10-3-1-2-4-11(10)7-12/h1-7,13-29H,8-9H2/t13-,14-,15+,16-,17+,18+,19-,20-,21-,22+/m1/s1. The van der Waals surface area contributed by atoms with Gasteiger partial charge in [0.15, 0.2) is 6.29 Å². The molecule has 10 atom stereocenters. The van der Waals surface area contributed by atoms with E-state index >= 15 is 0 Å². The molecule has 0 aliphatic carbocycles. The summed E-state index contributed by atoms with van der Waals surface area (Å²) in [6.07, 6.45) is -12.8. The van der Waals surface area contributed by atoms with Crippen molar-refractivity contribution in [2.24, 2.45) is 0 Å². The number of fused-ring (bicyclic) bond motifs is 1. The summed E-state index contributed by atoms with van der Waals surface area (Å²) in [5, 5.41) is 72.3. The topological polar surface area (TPSA) is 169 Å². The van der Waals surface area contributed by atoms with Gasteiger partial charge in [-0.25, -0.2) is 0 Å². The van der Waals surface area contributed by atoms with Crippen molar-refractivity contribution in [1.82, 2.24) is 0 Å². The zero-order valence-electron chi connectivity index (χ0n) is 17.5. The number of rotatable bonds is 6. The van der Waals surface area contributed by atoms with Crippen molar-refractivity contribution < 1.29 is 50.0 Å².